The van der Waals surface area contributed by atoms with Gasteiger partial charge in [-0.1, -0.05) is 67.2 Å². The minimum Gasteiger partial charge on any atom is -0.337 e. The van der Waals surface area contributed by atoms with Crippen molar-refractivity contribution in [3.05, 3.63) is 76.6 Å². The van der Waals surface area contributed by atoms with Gasteiger partial charge in [0.1, 0.15) is 0 Å². The monoisotopic (exact) mass is 379 g/mol. The van der Waals surface area contributed by atoms with E-state index in [4.69, 9.17) is 0 Å². The third-order valence-corrected chi connectivity index (χ3v) is 5.40. The lowest BCUT2D eigenvalue weighted by atomic mass is 10.1. The standard InChI is InChI=1S/C22H25N3OS/c1-4-18-12-8-9-15(2)21(18)25-20(26)14-27-22-23-16(3)19(24-22)13-17-10-6-5-7-11-17/h5-12H,4,13-14H2,1-3H3,(H,23,24)(H,25,26). The van der Waals surface area contributed by atoms with Crippen LogP contribution in [0.4, 0.5) is 5.69 Å². The van der Waals surface area contributed by atoms with E-state index < -0.39 is 0 Å². The Balaban J connectivity index is 1.60. The van der Waals surface area contributed by atoms with Gasteiger partial charge in [0.2, 0.25) is 5.91 Å². The third-order valence-electron chi connectivity index (χ3n) is 4.52. The summed E-state index contributed by atoms with van der Waals surface area (Å²) in [5, 5.41) is 3.85. The van der Waals surface area contributed by atoms with E-state index >= 15 is 0 Å². The van der Waals surface area contributed by atoms with Gasteiger partial charge < -0.3 is 10.3 Å². The zero-order chi connectivity index (χ0) is 19.2. The van der Waals surface area contributed by atoms with Crippen molar-refractivity contribution in [1.29, 1.82) is 0 Å². The molecular weight excluding hydrogens is 354 g/mol. The van der Waals surface area contributed by atoms with Crippen molar-refractivity contribution in [3.63, 3.8) is 0 Å². The molecule has 0 unspecified atom stereocenters. The van der Waals surface area contributed by atoms with E-state index in [2.05, 4.69) is 40.4 Å². The Labute approximate surface area is 164 Å². The molecule has 2 N–H and O–H groups in total. The molecule has 2 aromatic carbocycles. The van der Waals surface area contributed by atoms with E-state index in [-0.39, 0.29) is 5.91 Å². The van der Waals surface area contributed by atoms with Gasteiger partial charge in [-0.2, -0.15) is 0 Å². The average molecular weight is 380 g/mol. The molecule has 0 atom stereocenters. The number of carbonyl (C=O) groups is 1. The Morgan fingerprint density at radius 3 is 2.63 bits per heavy atom. The molecule has 4 nitrogen and oxygen atoms in total. The molecule has 3 rings (SSSR count). The number of carbonyl (C=O) groups excluding carboxylic acids is 1. The van der Waals surface area contributed by atoms with Gasteiger partial charge in [0.05, 0.1) is 11.4 Å². The second-order valence-corrected chi connectivity index (χ2v) is 7.54. The lowest BCUT2D eigenvalue weighted by Crippen LogP contribution is -2.16. The number of hydrogen-bond donors (Lipinski definition) is 2. The van der Waals surface area contributed by atoms with Gasteiger partial charge in [0, 0.05) is 17.8 Å². The molecule has 1 heterocycles. The molecular formula is C22H25N3OS. The van der Waals surface area contributed by atoms with Gasteiger partial charge in [0.25, 0.3) is 0 Å². The Bertz CT molecular complexity index is 919. The number of aryl methyl sites for hydroxylation is 3. The molecule has 0 saturated heterocycles. The first kappa shape index (κ1) is 19.2. The fourth-order valence-corrected chi connectivity index (χ4v) is 3.75. The number of H-pyrrole nitrogens is 1. The Morgan fingerprint density at radius 1 is 1.11 bits per heavy atom. The van der Waals surface area contributed by atoms with E-state index in [9.17, 15) is 4.79 Å². The van der Waals surface area contributed by atoms with Gasteiger partial charge in [-0.15, -0.1) is 0 Å². The minimum absolute atomic E-state index is 0.0114. The van der Waals surface area contributed by atoms with Gasteiger partial charge in [-0.05, 0) is 37.0 Å². The smallest absolute Gasteiger partial charge is 0.234 e. The summed E-state index contributed by atoms with van der Waals surface area (Å²) < 4.78 is 0. The summed E-state index contributed by atoms with van der Waals surface area (Å²) in [5.74, 6) is 0.317. The van der Waals surface area contributed by atoms with Crippen molar-refractivity contribution in [3.8, 4) is 0 Å². The fourth-order valence-electron chi connectivity index (χ4n) is 3.01. The van der Waals surface area contributed by atoms with Gasteiger partial charge in [-0.25, -0.2) is 4.98 Å². The maximum atomic E-state index is 12.4. The van der Waals surface area contributed by atoms with Crippen LogP contribution in [0.2, 0.25) is 0 Å². The molecule has 5 heteroatoms. The van der Waals surface area contributed by atoms with Gasteiger partial charge >= 0.3 is 0 Å². The van der Waals surface area contributed by atoms with Crippen molar-refractivity contribution < 1.29 is 4.79 Å². The molecule has 3 aromatic rings. The summed E-state index contributed by atoms with van der Waals surface area (Å²) in [6, 6.07) is 16.4. The first-order chi connectivity index (χ1) is 13.1. The summed E-state index contributed by atoms with van der Waals surface area (Å²) in [4.78, 5) is 20.4. The van der Waals surface area contributed by atoms with Crippen LogP contribution in [0.1, 0.15) is 35.0 Å². The van der Waals surface area contributed by atoms with Crippen molar-refractivity contribution in [1.82, 2.24) is 9.97 Å². The van der Waals surface area contributed by atoms with Crippen molar-refractivity contribution >= 4 is 23.4 Å². The molecule has 140 valence electrons. The van der Waals surface area contributed by atoms with E-state index in [0.29, 0.717) is 5.75 Å². The quantitative estimate of drug-likeness (QED) is 0.574. The minimum atomic E-state index is -0.0114. The first-order valence-electron chi connectivity index (χ1n) is 9.17. The van der Waals surface area contributed by atoms with Crippen LogP contribution >= 0.6 is 11.8 Å². The Hall–Kier alpha value is -2.53. The van der Waals surface area contributed by atoms with E-state index in [1.165, 1.54) is 17.3 Å². The number of rotatable bonds is 7. The SMILES string of the molecule is CCc1cccc(C)c1NC(=O)CSc1nc(Cc2ccccc2)c(C)[nH]1. The van der Waals surface area contributed by atoms with Crippen molar-refractivity contribution in [2.24, 2.45) is 0 Å². The molecule has 0 saturated carbocycles. The number of aromatic nitrogens is 2. The summed E-state index contributed by atoms with van der Waals surface area (Å²) in [7, 11) is 0. The number of aromatic amines is 1. The van der Waals surface area contributed by atoms with E-state index in [1.54, 1.807) is 0 Å². The maximum absolute atomic E-state index is 12.4. The zero-order valence-electron chi connectivity index (χ0n) is 16.0. The number of imidazole rings is 1. The normalized spacial score (nSPS) is 10.8. The largest absolute Gasteiger partial charge is 0.337 e. The second-order valence-electron chi connectivity index (χ2n) is 6.58. The number of anilines is 1. The lowest BCUT2D eigenvalue weighted by Gasteiger charge is -2.12. The molecule has 0 spiro atoms. The van der Waals surface area contributed by atoms with Crippen LogP contribution in [-0.4, -0.2) is 21.6 Å². The summed E-state index contributed by atoms with van der Waals surface area (Å²) >= 11 is 1.43. The fraction of sp³-hybridized carbons (Fsp3) is 0.273. The molecule has 27 heavy (non-hydrogen) atoms. The number of para-hydroxylation sites is 1. The molecule has 0 bridgehead atoms. The van der Waals surface area contributed by atoms with Gasteiger partial charge in [-0.3, -0.25) is 4.79 Å². The highest BCUT2D eigenvalue weighted by Crippen LogP contribution is 2.23. The summed E-state index contributed by atoms with van der Waals surface area (Å²) in [5.41, 5.74) is 6.49. The van der Waals surface area contributed by atoms with Crippen LogP contribution in [-0.2, 0) is 17.6 Å². The average Bonchev–Trinajstić information content (AvgIpc) is 3.02. The van der Waals surface area contributed by atoms with Crippen LogP contribution in [0.15, 0.2) is 53.7 Å². The molecule has 0 radical (unpaired) electrons. The highest BCUT2D eigenvalue weighted by Gasteiger charge is 2.12. The lowest BCUT2D eigenvalue weighted by molar-refractivity contribution is -0.113. The predicted octanol–water partition coefficient (Wildman–Crippen LogP) is 4.91. The van der Waals surface area contributed by atoms with E-state index in [1.807, 2.05) is 44.2 Å². The van der Waals surface area contributed by atoms with E-state index in [0.717, 1.165) is 46.2 Å². The Kier molecular flexibility index (Phi) is 6.35. The molecule has 0 aliphatic rings. The first-order valence-corrected chi connectivity index (χ1v) is 10.2. The maximum Gasteiger partial charge on any atom is 0.234 e. The van der Waals surface area contributed by atoms with Crippen molar-refractivity contribution in [2.75, 3.05) is 11.1 Å². The number of hydrogen-bond acceptors (Lipinski definition) is 3. The number of thioether (sulfide) groups is 1. The van der Waals surface area contributed by atoms with Gasteiger partial charge in [0.15, 0.2) is 5.16 Å². The van der Waals surface area contributed by atoms with Crippen LogP contribution in [0, 0.1) is 13.8 Å². The third kappa shape index (κ3) is 5.01. The summed E-state index contributed by atoms with van der Waals surface area (Å²) in [6.07, 6.45) is 1.68. The predicted molar refractivity (Wildman–Crippen MR) is 112 cm³/mol. The molecule has 0 aliphatic heterocycles. The van der Waals surface area contributed by atoms with Crippen LogP contribution < -0.4 is 5.32 Å². The van der Waals surface area contributed by atoms with Crippen LogP contribution in [0.3, 0.4) is 0 Å². The van der Waals surface area contributed by atoms with Crippen molar-refractivity contribution in [2.45, 2.75) is 38.8 Å². The molecule has 1 amide bonds. The number of amides is 1. The van der Waals surface area contributed by atoms with Crippen LogP contribution in [0.5, 0.6) is 0 Å². The molecule has 0 aliphatic carbocycles. The highest BCUT2D eigenvalue weighted by molar-refractivity contribution is 7.99. The molecule has 1 aromatic heterocycles. The van der Waals surface area contributed by atoms with Crippen LogP contribution in [0.25, 0.3) is 0 Å². The number of nitrogens with zero attached hydrogens (tertiary/aromatic N) is 1. The summed E-state index contributed by atoms with van der Waals surface area (Å²) in [6.45, 7) is 6.14. The molecule has 0 fully saturated rings. The topological polar surface area (TPSA) is 57.8 Å². The number of benzene rings is 2. The second kappa shape index (κ2) is 8.91. The number of nitrogens with one attached hydrogen (secondary N) is 2. The highest BCUT2D eigenvalue weighted by atomic mass is 32.2. The Morgan fingerprint density at radius 2 is 1.89 bits per heavy atom. The zero-order valence-corrected chi connectivity index (χ0v) is 16.8.